The van der Waals surface area contributed by atoms with Crippen LogP contribution in [0.3, 0.4) is 0 Å². The number of anilines is 1. The zero-order valence-electron chi connectivity index (χ0n) is 21.6. The molecule has 3 heterocycles. The summed E-state index contributed by atoms with van der Waals surface area (Å²) >= 11 is 9.52. The summed E-state index contributed by atoms with van der Waals surface area (Å²) in [4.78, 5) is 6.95. The average molecular weight is 588 g/mol. The van der Waals surface area contributed by atoms with E-state index in [-0.39, 0.29) is 12.1 Å². The number of ether oxygens (including phenoxy) is 1. The van der Waals surface area contributed by atoms with Crippen LogP contribution in [0.15, 0.2) is 83.5 Å². The molecule has 2 aromatic heterocycles. The Kier molecular flexibility index (Phi) is 6.97. The second kappa shape index (κ2) is 10.5. The lowest BCUT2D eigenvalue weighted by Gasteiger charge is -2.28. The molecule has 1 saturated carbocycles. The Balaban J connectivity index is 1.41. The molecule has 1 aliphatic carbocycles. The number of nitrogens with one attached hydrogen (secondary N) is 1. The highest BCUT2D eigenvalue weighted by Crippen LogP contribution is 2.44. The van der Waals surface area contributed by atoms with Crippen LogP contribution in [-0.4, -0.2) is 20.8 Å². The molecule has 1 aliphatic heterocycles. The van der Waals surface area contributed by atoms with Gasteiger partial charge in [-0.05, 0) is 124 Å². The van der Waals surface area contributed by atoms with E-state index in [2.05, 4.69) is 105 Å². The average Bonchev–Trinajstić information content (AvgIpc) is 3.64. The van der Waals surface area contributed by atoms with E-state index in [0.29, 0.717) is 11.2 Å². The molecule has 1 saturated heterocycles. The Morgan fingerprint density at radius 1 is 0.947 bits per heavy atom. The van der Waals surface area contributed by atoms with Crippen molar-refractivity contribution in [2.24, 2.45) is 0 Å². The molecule has 38 heavy (non-hydrogen) atoms. The number of benzene rings is 2. The third-order valence-corrected chi connectivity index (χ3v) is 8.53. The van der Waals surface area contributed by atoms with Crippen molar-refractivity contribution < 1.29 is 4.74 Å². The Labute approximate surface area is 238 Å². The van der Waals surface area contributed by atoms with Gasteiger partial charge in [-0.3, -0.25) is 4.98 Å². The zero-order valence-corrected chi connectivity index (χ0v) is 24.0. The molecule has 0 spiro atoms. The van der Waals surface area contributed by atoms with Gasteiger partial charge in [-0.15, -0.1) is 0 Å². The predicted molar refractivity (Wildman–Crippen MR) is 160 cm³/mol. The SMILES string of the molecule is Cc1cc([C@@H]2[C@H](c3ccccn3)NC(=S)N2c2ccc(OC3CCCC3)cc2)c(C)n1-c1ccc(Br)cc1. The van der Waals surface area contributed by atoms with E-state index in [1.807, 2.05) is 18.3 Å². The molecule has 5 nitrogen and oxygen atoms in total. The lowest BCUT2D eigenvalue weighted by molar-refractivity contribution is 0.210. The summed E-state index contributed by atoms with van der Waals surface area (Å²) in [7, 11) is 0. The van der Waals surface area contributed by atoms with Gasteiger partial charge in [-0.1, -0.05) is 22.0 Å². The molecule has 2 atom stereocenters. The Morgan fingerprint density at radius 2 is 1.66 bits per heavy atom. The summed E-state index contributed by atoms with van der Waals surface area (Å²) in [5, 5.41) is 4.29. The van der Waals surface area contributed by atoms with Crippen molar-refractivity contribution in [1.29, 1.82) is 0 Å². The molecule has 0 unspecified atom stereocenters. The lowest BCUT2D eigenvalue weighted by Crippen LogP contribution is -2.29. The second-order valence-electron chi connectivity index (χ2n) is 10.2. The molecule has 0 bridgehead atoms. The molecule has 7 heteroatoms. The van der Waals surface area contributed by atoms with E-state index in [0.717, 1.165) is 40.1 Å². The van der Waals surface area contributed by atoms with Crippen molar-refractivity contribution >= 4 is 38.9 Å². The van der Waals surface area contributed by atoms with Gasteiger partial charge in [0.15, 0.2) is 5.11 Å². The molecule has 0 radical (unpaired) electrons. The minimum Gasteiger partial charge on any atom is -0.490 e. The van der Waals surface area contributed by atoms with Gasteiger partial charge in [0.1, 0.15) is 5.75 Å². The zero-order chi connectivity index (χ0) is 26.2. The highest BCUT2D eigenvalue weighted by atomic mass is 79.9. The van der Waals surface area contributed by atoms with Gasteiger partial charge in [0.25, 0.3) is 0 Å². The molecule has 4 aromatic rings. The summed E-state index contributed by atoms with van der Waals surface area (Å²) in [5.74, 6) is 0.921. The minimum atomic E-state index is -0.0861. The van der Waals surface area contributed by atoms with E-state index >= 15 is 0 Å². The topological polar surface area (TPSA) is 42.3 Å². The van der Waals surface area contributed by atoms with Crippen molar-refractivity contribution in [2.75, 3.05) is 4.90 Å². The highest BCUT2D eigenvalue weighted by Gasteiger charge is 2.42. The smallest absolute Gasteiger partial charge is 0.174 e. The molecule has 2 fully saturated rings. The molecule has 6 rings (SSSR count). The van der Waals surface area contributed by atoms with Crippen molar-refractivity contribution in [3.05, 3.63) is 106 Å². The predicted octanol–water partition coefficient (Wildman–Crippen LogP) is 7.75. The van der Waals surface area contributed by atoms with Crippen molar-refractivity contribution in [2.45, 2.75) is 57.7 Å². The van der Waals surface area contributed by atoms with Crippen molar-refractivity contribution in [3.8, 4) is 11.4 Å². The number of nitrogens with zero attached hydrogens (tertiary/aromatic N) is 3. The third kappa shape index (κ3) is 4.74. The standard InChI is InChI=1S/C31H31BrN4OS/c1-20-19-27(21(2)35(20)23-12-10-22(32)11-13-23)30-29(28-9-5-6-18-33-28)34-31(38)36(30)24-14-16-26(17-15-24)37-25-7-3-4-8-25/h5-6,9-19,25,29-30H,3-4,7-8H2,1-2H3,(H,34,38)/t29-,30+/m0/s1. The van der Waals surface area contributed by atoms with Crippen LogP contribution in [0.1, 0.15) is 60.4 Å². The lowest BCUT2D eigenvalue weighted by atomic mass is 9.96. The maximum Gasteiger partial charge on any atom is 0.174 e. The van der Waals surface area contributed by atoms with Crippen LogP contribution >= 0.6 is 28.1 Å². The number of aryl methyl sites for hydroxylation is 1. The number of hydrogen-bond donors (Lipinski definition) is 1. The molecule has 0 amide bonds. The van der Waals surface area contributed by atoms with Crippen LogP contribution < -0.4 is 15.0 Å². The summed E-state index contributed by atoms with van der Waals surface area (Å²) < 4.78 is 9.61. The molecule has 2 aromatic carbocycles. The maximum atomic E-state index is 6.23. The van der Waals surface area contributed by atoms with Crippen LogP contribution in [-0.2, 0) is 0 Å². The van der Waals surface area contributed by atoms with Crippen LogP contribution in [0, 0.1) is 13.8 Å². The largest absolute Gasteiger partial charge is 0.490 e. The van der Waals surface area contributed by atoms with Crippen LogP contribution in [0.2, 0.25) is 0 Å². The third-order valence-electron chi connectivity index (χ3n) is 7.69. The fraction of sp³-hybridized carbons (Fsp3) is 0.290. The number of pyridine rings is 1. The summed E-state index contributed by atoms with van der Waals surface area (Å²) in [6.45, 7) is 4.35. The molecule has 2 aliphatic rings. The van der Waals surface area contributed by atoms with Crippen LogP contribution in [0.5, 0.6) is 5.75 Å². The fourth-order valence-electron chi connectivity index (χ4n) is 5.91. The highest BCUT2D eigenvalue weighted by molar-refractivity contribution is 9.10. The number of thiocarbonyl (C=S) groups is 1. The summed E-state index contributed by atoms with van der Waals surface area (Å²) in [6, 6.07) is 25.0. The first kappa shape index (κ1) is 25.1. The molecular weight excluding hydrogens is 556 g/mol. The van der Waals surface area contributed by atoms with E-state index in [1.165, 1.54) is 29.8 Å². The van der Waals surface area contributed by atoms with E-state index < -0.39 is 0 Å². The van der Waals surface area contributed by atoms with Gasteiger partial charge < -0.3 is 19.5 Å². The van der Waals surface area contributed by atoms with Crippen LogP contribution in [0.25, 0.3) is 5.69 Å². The molecule has 194 valence electrons. The summed E-state index contributed by atoms with van der Waals surface area (Å²) in [5.41, 5.74) is 6.73. The van der Waals surface area contributed by atoms with Crippen LogP contribution in [0.4, 0.5) is 5.69 Å². The Bertz CT molecular complexity index is 1430. The first-order chi connectivity index (χ1) is 18.5. The quantitative estimate of drug-likeness (QED) is 0.234. The van der Waals surface area contributed by atoms with E-state index in [4.69, 9.17) is 21.9 Å². The van der Waals surface area contributed by atoms with Gasteiger partial charge in [-0.25, -0.2) is 0 Å². The van der Waals surface area contributed by atoms with E-state index in [1.54, 1.807) is 0 Å². The van der Waals surface area contributed by atoms with Crippen molar-refractivity contribution in [1.82, 2.24) is 14.9 Å². The minimum absolute atomic E-state index is 0.0607. The maximum absolute atomic E-state index is 6.23. The monoisotopic (exact) mass is 586 g/mol. The van der Waals surface area contributed by atoms with Gasteiger partial charge in [0.2, 0.25) is 0 Å². The number of rotatable bonds is 6. The Morgan fingerprint density at radius 3 is 2.34 bits per heavy atom. The molecule has 1 N–H and O–H groups in total. The number of hydrogen-bond acceptors (Lipinski definition) is 3. The van der Waals surface area contributed by atoms with Gasteiger partial charge >= 0.3 is 0 Å². The second-order valence-corrected chi connectivity index (χ2v) is 11.5. The van der Waals surface area contributed by atoms with Gasteiger partial charge in [0, 0.05) is 33.4 Å². The summed E-state index contributed by atoms with van der Waals surface area (Å²) in [6.07, 6.45) is 6.98. The number of halogens is 1. The number of aromatic nitrogens is 2. The van der Waals surface area contributed by atoms with Crippen molar-refractivity contribution in [3.63, 3.8) is 0 Å². The molecular formula is C31H31BrN4OS. The van der Waals surface area contributed by atoms with Gasteiger partial charge in [0.05, 0.1) is 23.9 Å². The Hall–Kier alpha value is -3.16. The van der Waals surface area contributed by atoms with E-state index in [9.17, 15) is 0 Å². The van der Waals surface area contributed by atoms with Gasteiger partial charge in [-0.2, -0.15) is 0 Å². The first-order valence-corrected chi connectivity index (χ1v) is 14.4. The fourth-order valence-corrected chi connectivity index (χ4v) is 6.52. The first-order valence-electron chi connectivity index (χ1n) is 13.2. The normalized spacial score (nSPS) is 19.7.